The number of carbonyl (C=O) groups excluding carboxylic acids is 1. The molecule has 1 aliphatic heterocycles. The van der Waals surface area contributed by atoms with Gasteiger partial charge >= 0.3 is 0 Å². The molecule has 1 aromatic carbocycles. The fourth-order valence-corrected chi connectivity index (χ4v) is 5.14. The third-order valence-electron chi connectivity index (χ3n) is 4.03. The quantitative estimate of drug-likeness (QED) is 0.567. The van der Waals surface area contributed by atoms with E-state index in [4.69, 9.17) is 4.74 Å². The van der Waals surface area contributed by atoms with Gasteiger partial charge in [-0.2, -0.15) is 0 Å². The highest BCUT2D eigenvalue weighted by Crippen LogP contribution is 2.33. The molecule has 0 aliphatic carbocycles. The molecular weight excluding hydrogens is 427 g/mol. The van der Waals surface area contributed by atoms with Crippen molar-refractivity contribution in [3.63, 3.8) is 0 Å². The number of nitrogens with zero attached hydrogens (tertiary/aromatic N) is 2. The zero-order valence-corrected chi connectivity index (χ0v) is 16.3. The minimum atomic E-state index is -0.372. The number of ether oxygens (including phenoxy) is 1. The molecule has 1 amide bonds. The van der Waals surface area contributed by atoms with E-state index in [1.54, 1.807) is 17.0 Å². The first kappa shape index (κ1) is 17.1. The van der Waals surface area contributed by atoms with Gasteiger partial charge in [-0.25, -0.2) is 9.37 Å². The number of hydrogen-bond acceptors (Lipinski definition) is 5. The van der Waals surface area contributed by atoms with Gasteiger partial charge in [0.05, 0.1) is 26.0 Å². The Balaban J connectivity index is 1.72. The second-order valence-corrected chi connectivity index (χ2v) is 9.21. The fraction of sp³-hybridized carbons (Fsp3) is 0.294. The third kappa shape index (κ3) is 3.48. The number of hydrogen-bond donors (Lipinski definition) is 0. The van der Waals surface area contributed by atoms with Gasteiger partial charge in [-0.05, 0) is 53.0 Å². The Morgan fingerprint density at radius 1 is 1.36 bits per heavy atom. The van der Waals surface area contributed by atoms with Crippen molar-refractivity contribution in [2.45, 2.75) is 18.9 Å². The number of rotatable bonds is 4. The molecule has 0 bridgehead atoms. The number of benzene rings is 1. The van der Waals surface area contributed by atoms with E-state index in [0.717, 1.165) is 21.3 Å². The van der Waals surface area contributed by atoms with Crippen molar-refractivity contribution in [3.05, 3.63) is 44.8 Å². The highest BCUT2D eigenvalue weighted by atomic mass is 79.9. The smallest absolute Gasteiger partial charge is 0.270 e. The van der Waals surface area contributed by atoms with E-state index in [1.807, 2.05) is 12.1 Å². The molecule has 1 aliphatic rings. The third-order valence-corrected chi connectivity index (χ3v) is 6.68. The van der Waals surface area contributed by atoms with Gasteiger partial charge in [-0.15, -0.1) is 11.3 Å². The summed E-state index contributed by atoms with van der Waals surface area (Å²) in [6, 6.07) is 8.49. The molecule has 0 spiro atoms. The molecule has 130 valence electrons. The summed E-state index contributed by atoms with van der Waals surface area (Å²) in [6.45, 7) is 1.14. The van der Waals surface area contributed by atoms with Gasteiger partial charge < -0.3 is 4.74 Å². The maximum absolute atomic E-state index is 14.0. The molecule has 8 heteroatoms. The van der Waals surface area contributed by atoms with Crippen molar-refractivity contribution in [2.24, 2.45) is 0 Å². The molecule has 2 aromatic heterocycles. The Labute approximate surface area is 160 Å². The lowest BCUT2D eigenvalue weighted by Crippen LogP contribution is -2.37. The van der Waals surface area contributed by atoms with Crippen molar-refractivity contribution in [3.8, 4) is 0 Å². The molecule has 1 fully saturated rings. The molecule has 1 atom stereocenters. The fourth-order valence-electron chi connectivity index (χ4n) is 2.82. The summed E-state index contributed by atoms with van der Waals surface area (Å²) in [6.07, 6.45) is 1.90. The minimum absolute atomic E-state index is 0.00999. The summed E-state index contributed by atoms with van der Waals surface area (Å²) in [5.41, 5.74) is 0.306. The van der Waals surface area contributed by atoms with E-state index < -0.39 is 0 Å². The molecule has 25 heavy (non-hydrogen) atoms. The van der Waals surface area contributed by atoms with Crippen LogP contribution in [0.2, 0.25) is 0 Å². The topological polar surface area (TPSA) is 42.4 Å². The molecule has 3 aromatic rings. The number of para-hydroxylation sites is 1. The number of thiazole rings is 1. The number of carbonyl (C=O) groups is 1. The average molecular weight is 441 g/mol. The van der Waals surface area contributed by atoms with Gasteiger partial charge in [0.15, 0.2) is 5.13 Å². The van der Waals surface area contributed by atoms with Gasteiger partial charge in [-0.1, -0.05) is 17.4 Å². The second-order valence-electron chi connectivity index (χ2n) is 5.74. The van der Waals surface area contributed by atoms with Crippen LogP contribution in [-0.4, -0.2) is 30.1 Å². The Hall–Kier alpha value is -1.35. The van der Waals surface area contributed by atoms with E-state index >= 15 is 0 Å². The summed E-state index contributed by atoms with van der Waals surface area (Å²) in [5, 5.41) is 0.505. The minimum Gasteiger partial charge on any atom is -0.376 e. The predicted molar refractivity (Wildman–Crippen MR) is 102 cm³/mol. The van der Waals surface area contributed by atoms with Crippen molar-refractivity contribution < 1.29 is 13.9 Å². The summed E-state index contributed by atoms with van der Waals surface area (Å²) in [4.78, 5) is 19.7. The van der Waals surface area contributed by atoms with Crippen molar-refractivity contribution in [2.75, 3.05) is 18.1 Å². The lowest BCUT2D eigenvalue weighted by Gasteiger charge is -2.22. The van der Waals surface area contributed by atoms with Crippen molar-refractivity contribution in [1.82, 2.24) is 4.98 Å². The molecular formula is C17H14BrFN2O2S2. The van der Waals surface area contributed by atoms with Gasteiger partial charge in [0, 0.05) is 6.61 Å². The number of aromatic nitrogens is 1. The van der Waals surface area contributed by atoms with Crippen LogP contribution < -0.4 is 4.90 Å². The van der Waals surface area contributed by atoms with E-state index in [0.29, 0.717) is 28.7 Å². The predicted octanol–water partition coefficient (Wildman–Crippen LogP) is 5.09. The molecule has 4 nitrogen and oxygen atoms in total. The maximum Gasteiger partial charge on any atom is 0.270 e. The number of amides is 1. The lowest BCUT2D eigenvalue weighted by atomic mass is 10.2. The molecule has 4 rings (SSSR count). The Bertz CT molecular complexity index is 920. The monoisotopic (exact) mass is 440 g/mol. The first-order chi connectivity index (χ1) is 12.1. The maximum atomic E-state index is 14.0. The zero-order valence-electron chi connectivity index (χ0n) is 13.1. The summed E-state index contributed by atoms with van der Waals surface area (Å²) >= 11 is 6.09. The van der Waals surface area contributed by atoms with E-state index in [1.165, 1.54) is 28.7 Å². The van der Waals surface area contributed by atoms with Crippen LogP contribution in [0.1, 0.15) is 22.5 Å². The van der Waals surface area contributed by atoms with Crippen LogP contribution in [0.25, 0.3) is 10.2 Å². The average Bonchev–Trinajstić information content (AvgIpc) is 3.32. The van der Waals surface area contributed by atoms with Crippen LogP contribution in [0.4, 0.5) is 9.52 Å². The van der Waals surface area contributed by atoms with Crippen molar-refractivity contribution >= 4 is 59.9 Å². The van der Waals surface area contributed by atoms with E-state index in [9.17, 15) is 9.18 Å². The van der Waals surface area contributed by atoms with E-state index in [2.05, 4.69) is 20.9 Å². The molecule has 1 saturated heterocycles. The number of anilines is 1. The van der Waals surface area contributed by atoms with Gasteiger partial charge in [-0.3, -0.25) is 9.69 Å². The molecule has 1 unspecified atom stereocenters. The molecule has 0 radical (unpaired) electrons. The standard InChI is InChI=1S/C17H14BrFN2O2S2/c18-14-7-6-13(24-14)16(22)21(9-10-3-2-8-23-10)17-20-15-11(19)4-1-5-12(15)25-17/h1,4-7,10H,2-3,8-9H2. The number of fused-ring (bicyclic) bond motifs is 1. The van der Waals surface area contributed by atoms with Crippen LogP contribution in [0.3, 0.4) is 0 Å². The highest BCUT2D eigenvalue weighted by Gasteiger charge is 2.28. The van der Waals surface area contributed by atoms with E-state index in [-0.39, 0.29) is 17.8 Å². The van der Waals surface area contributed by atoms with Crippen LogP contribution in [-0.2, 0) is 4.74 Å². The molecule has 0 N–H and O–H groups in total. The first-order valence-electron chi connectivity index (χ1n) is 7.85. The largest absolute Gasteiger partial charge is 0.376 e. The highest BCUT2D eigenvalue weighted by molar-refractivity contribution is 9.11. The SMILES string of the molecule is O=C(c1ccc(Br)s1)N(CC1CCCO1)c1nc2c(F)cccc2s1. The second kappa shape index (κ2) is 7.11. The van der Waals surface area contributed by atoms with Gasteiger partial charge in [0.25, 0.3) is 5.91 Å². The zero-order chi connectivity index (χ0) is 17.4. The summed E-state index contributed by atoms with van der Waals surface area (Å²) < 4.78 is 21.3. The number of halogens is 2. The summed E-state index contributed by atoms with van der Waals surface area (Å²) in [5.74, 6) is -0.506. The normalized spacial score (nSPS) is 17.3. The van der Waals surface area contributed by atoms with Gasteiger partial charge in [0.1, 0.15) is 11.3 Å². The molecule has 0 saturated carbocycles. The van der Waals surface area contributed by atoms with Crippen LogP contribution in [0.5, 0.6) is 0 Å². The van der Waals surface area contributed by atoms with Gasteiger partial charge in [0.2, 0.25) is 0 Å². The van der Waals surface area contributed by atoms with Crippen LogP contribution in [0, 0.1) is 5.82 Å². The van der Waals surface area contributed by atoms with Crippen molar-refractivity contribution in [1.29, 1.82) is 0 Å². The Morgan fingerprint density at radius 3 is 2.92 bits per heavy atom. The number of thiophene rings is 1. The Morgan fingerprint density at radius 2 is 2.24 bits per heavy atom. The first-order valence-corrected chi connectivity index (χ1v) is 10.3. The summed E-state index contributed by atoms with van der Waals surface area (Å²) in [7, 11) is 0. The lowest BCUT2D eigenvalue weighted by molar-refractivity contribution is 0.0920. The molecule has 3 heterocycles. The van der Waals surface area contributed by atoms with Crippen LogP contribution in [0.15, 0.2) is 34.1 Å². The van der Waals surface area contributed by atoms with Crippen LogP contribution >= 0.6 is 38.6 Å². The Kier molecular flexibility index (Phi) is 4.86.